The second-order valence-corrected chi connectivity index (χ2v) is 4.05. The normalized spacial score (nSPS) is 23.8. The topological polar surface area (TPSA) is 102 Å². The largest absolute Gasteiger partial charge is 0.480 e. The Labute approximate surface area is 98.2 Å². The van der Waals surface area contributed by atoms with Gasteiger partial charge in [-0.25, -0.2) is 0 Å². The first-order chi connectivity index (χ1) is 8.05. The minimum atomic E-state index is -1.20. The van der Waals surface area contributed by atoms with Crippen molar-refractivity contribution in [3.8, 4) is 5.88 Å². The minimum absolute atomic E-state index is 0.226. The molecule has 0 bridgehead atoms. The van der Waals surface area contributed by atoms with Crippen LogP contribution in [-0.4, -0.2) is 46.8 Å². The first kappa shape index (κ1) is 11.6. The summed E-state index contributed by atoms with van der Waals surface area (Å²) in [6.07, 6.45) is 3.45. The van der Waals surface area contributed by atoms with Gasteiger partial charge in [-0.3, -0.25) is 9.78 Å². The Hall–Kier alpha value is -1.89. The summed E-state index contributed by atoms with van der Waals surface area (Å²) in [6, 6.07) is 0. The number of ether oxygens (including phenoxy) is 1. The van der Waals surface area contributed by atoms with Crippen LogP contribution < -0.4 is 15.4 Å². The van der Waals surface area contributed by atoms with Crippen molar-refractivity contribution < 1.29 is 14.6 Å². The van der Waals surface area contributed by atoms with Crippen molar-refractivity contribution in [2.24, 2.45) is 5.73 Å². The average Bonchev–Trinajstić information content (AvgIpc) is 2.74. The number of rotatable bonds is 3. The summed E-state index contributed by atoms with van der Waals surface area (Å²) in [5.41, 5.74) is 4.58. The molecule has 1 saturated heterocycles. The Morgan fingerprint density at radius 3 is 3.00 bits per heavy atom. The van der Waals surface area contributed by atoms with Crippen molar-refractivity contribution in [2.75, 3.05) is 25.1 Å². The molecule has 0 aliphatic carbocycles. The second kappa shape index (κ2) is 4.17. The fourth-order valence-corrected chi connectivity index (χ4v) is 1.79. The molecule has 0 spiro atoms. The molecule has 0 radical (unpaired) electrons. The summed E-state index contributed by atoms with van der Waals surface area (Å²) in [4.78, 5) is 21.0. The Morgan fingerprint density at radius 2 is 2.41 bits per heavy atom. The number of hydrogen-bond donors (Lipinski definition) is 2. The number of nitrogens with two attached hydrogens (primary N) is 1. The van der Waals surface area contributed by atoms with E-state index in [9.17, 15) is 4.79 Å². The molecule has 17 heavy (non-hydrogen) atoms. The summed E-state index contributed by atoms with van der Waals surface area (Å²) in [5.74, 6) is -0.0128. The average molecular weight is 238 g/mol. The van der Waals surface area contributed by atoms with Crippen molar-refractivity contribution in [2.45, 2.75) is 12.0 Å². The smallest absolute Gasteiger partial charge is 0.325 e. The van der Waals surface area contributed by atoms with E-state index >= 15 is 0 Å². The summed E-state index contributed by atoms with van der Waals surface area (Å²) in [6.45, 7) is 0.773. The SMILES string of the molecule is COc1cncc(N2CCC(N)(C(=O)O)C2)n1. The van der Waals surface area contributed by atoms with Crippen LogP contribution in [0.2, 0.25) is 0 Å². The predicted octanol–water partition coefficient (Wildman–Crippen LogP) is -0.523. The van der Waals surface area contributed by atoms with Crippen LogP contribution in [-0.2, 0) is 4.79 Å². The molecule has 1 fully saturated rings. The fraction of sp³-hybridized carbons (Fsp3) is 0.500. The van der Waals surface area contributed by atoms with Crippen LogP contribution in [0, 0.1) is 0 Å². The number of anilines is 1. The summed E-state index contributed by atoms with van der Waals surface area (Å²) in [5, 5.41) is 9.03. The number of aliphatic carboxylic acids is 1. The highest BCUT2D eigenvalue weighted by molar-refractivity contribution is 5.80. The van der Waals surface area contributed by atoms with Gasteiger partial charge in [0.2, 0.25) is 5.88 Å². The van der Waals surface area contributed by atoms with Crippen molar-refractivity contribution in [1.29, 1.82) is 0 Å². The van der Waals surface area contributed by atoms with Gasteiger partial charge in [-0.15, -0.1) is 0 Å². The van der Waals surface area contributed by atoms with E-state index in [1.807, 2.05) is 0 Å². The van der Waals surface area contributed by atoms with Crippen molar-refractivity contribution in [3.05, 3.63) is 12.4 Å². The highest BCUT2D eigenvalue weighted by Crippen LogP contribution is 2.24. The molecular formula is C10H14N4O3. The molecule has 92 valence electrons. The highest BCUT2D eigenvalue weighted by Gasteiger charge is 2.41. The third kappa shape index (κ3) is 2.14. The van der Waals surface area contributed by atoms with Gasteiger partial charge in [0.25, 0.3) is 0 Å². The maximum absolute atomic E-state index is 11.0. The van der Waals surface area contributed by atoms with Gasteiger partial charge in [0.15, 0.2) is 5.82 Å². The molecule has 7 heteroatoms. The molecule has 1 aromatic heterocycles. The Morgan fingerprint density at radius 1 is 1.65 bits per heavy atom. The van der Waals surface area contributed by atoms with E-state index in [0.717, 1.165) is 0 Å². The van der Waals surface area contributed by atoms with E-state index in [-0.39, 0.29) is 6.54 Å². The molecule has 2 heterocycles. The number of nitrogens with zero attached hydrogens (tertiary/aromatic N) is 3. The van der Waals surface area contributed by atoms with Gasteiger partial charge in [-0.2, -0.15) is 4.98 Å². The molecule has 0 saturated carbocycles. The van der Waals surface area contributed by atoms with Crippen LogP contribution in [0.1, 0.15) is 6.42 Å². The number of carbonyl (C=O) groups is 1. The Bertz CT molecular complexity index is 439. The van der Waals surface area contributed by atoms with Gasteiger partial charge >= 0.3 is 5.97 Å². The van der Waals surface area contributed by atoms with Crippen LogP contribution in [0.3, 0.4) is 0 Å². The van der Waals surface area contributed by atoms with Crippen molar-refractivity contribution in [3.63, 3.8) is 0 Å². The molecule has 1 aliphatic heterocycles. The maximum Gasteiger partial charge on any atom is 0.325 e. The number of carboxylic acids is 1. The van der Waals surface area contributed by atoms with Crippen LogP contribution in [0.15, 0.2) is 12.4 Å². The lowest BCUT2D eigenvalue weighted by Gasteiger charge is -2.20. The molecule has 1 aromatic rings. The summed E-state index contributed by atoms with van der Waals surface area (Å²) >= 11 is 0. The van der Waals surface area contributed by atoms with Crippen molar-refractivity contribution >= 4 is 11.8 Å². The Kier molecular flexibility index (Phi) is 2.84. The standard InChI is InChI=1S/C10H14N4O3/c1-17-8-5-12-4-7(13-8)14-3-2-10(11,6-14)9(15)16/h4-5H,2-3,6,11H2,1H3,(H,15,16). The quantitative estimate of drug-likeness (QED) is 0.730. The van der Waals surface area contributed by atoms with Crippen LogP contribution in [0.5, 0.6) is 5.88 Å². The zero-order valence-electron chi connectivity index (χ0n) is 9.46. The third-order valence-electron chi connectivity index (χ3n) is 2.86. The second-order valence-electron chi connectivity index (χ2n) is 4.05. The van der Waals surface area contributed by atoms with Crippen molar-refractivity contribution in [1.82, 2.24) is 9.97 Å². The number of methoxy groups -OCH3 is 1. The lowest BCUT2D eigenvalue weighted by molar-refractivity contribution is -0.142. The predicted molar refractivity (Wildman–Crippen MR) is 60.0 cm³/mol. The maximum atomic E-state index is 11.0. The van der Waals surface area contributed by atoms with Gasteiger partial charge in [-0.1, -0.05) is 0 Å². The third-order valence-corrected chi connectivity index (χ3v) is 2.86. The molecule has 0 amide bonds. The van der Waals surface area contributed by atoms with Crippen LogP contribution in [0.4, 0.5) is 5.82 Å². The van der Waals surface area contributed by atoms with E-state index in [1.165, 1.54) is 13.3 Å². The number of carboxylic acid groups (broad SMARTS) is 1. The summed E-state index contributed by atoms with van der Waals surface area (Å²) < 4.78 is 4.97. The lowest BCUT2D eigenvalue weighted by atomic mass is 10.0. The van der Waals surface area contributed by atoms with Crippen LogP contribution in [0.25, 0.3) is 0 Å². The summed E-state index contributed by atoms with van der Waals surface area (Å²) in [7, 11) is 1.50. The lowest BCUT2D eigenvalue weighted by Crippen LogP contribution is -2.50. The van der Waals surface area contributed by atoms with E-state index in [2.05, 4.69) is 9.97 Å². The highest BCUT2D eigenvalue weighted by atomic mass is 16.5. The first-order valence-corrected chi connectivity index (χ1v) is 5.18. The molecule has 1 atom stereocenters. The van der Waals surface area contributed by atoms with E-state index in [0.29, 0.717) is 24.7 Å². The van der Waals surface area contributed by atoms with Crippen LogP contribution >= 0.6 is 0 Å². The number of aromatic nitrogens is 2. The zero-order valence-corrected chi connectivity index (χ0v) is 9.46. The molecule has 0 aromatic carbocycles. The van der Waals surface area contributed by atoms with E-state index in [1.54, 1.807) is 11.1 Å². The molecule has 7 nitrogen and oxygen atoms in total. The first-order valence-electron chi connectivity index (χ1n) is 5.18. The molecule has 1 unspecified atom stereocenters. The van der Waals surface area contributed by atoms with Gasteiger partial charge in [0.05, 0.1) is 19.5 Å². The molecular weight excluding hydrogens is 224 g/mol. The molecule has 3 N–H and O–H groups in total. The molecule has 1 aliphatic rings. The molecule has 2 rings (SSSR count). The van der Waals surface area contributed by atoms with Gasteiger partial charge in [0, 0.05) is 13.1 Å². The monoisotopic (exact) mass is 238 g/mol. The van der Waals surface area contributed by atoms with Gasteiger partial charge < -0.3 is 20.5 Å². The van der Waals surface area contributed by atoms with E-state index < -0.39 is 11.5 Å². The van der Waals surface area contributed by atoms with E-state index in [4.69, 9.17) is 15.6 Å². The fourth-order valence-electron chi connectivity index (χ4n) is 1.79. The number of hydrogen-bond acceptors (Lipinski definition) is 6. The van der Waals surface area contributed by atoms with Gasteiger partial charge in [0.1, 0.15) is 5.54 Å². The van der Waals surface area contributed by atoms with Gasteiger partial charge in [-0.05, 0) is 6.42 Å². The minimum Gasteiger partial charge on any atom is -0.480 e. The zero-order chi connectivity index (χ0) is 12.5. The Balaban J connectivity index is 2.17.